The summed E-state index contributed by atoms with van der Waals surface area (Å²) in [6, 6.07) is 5.94. The van der Waals surface area contributed by atoms with E-state index in [2.05, 4.69) is 5.32 Å². The third-order valence-electron chi connectivity index (χ3n) is 2.16. The molecule has 1 rings (SSSR count). The fourth-order valence-corrected chi connectivity index (χ4v) is 1.21. The maximum absolute atomic E-state index is 11.6. The molecule has 0 heterocycles. The number of nitrogens with one attached hydrogen (secondary N) is 2. The lowest BCUT2D eigenvalue weighted by Gasteiger charge is -2.04. The van der Waals surface area contributed by atoms with Gasteiger partial charge >= 0.3 is 5.97 Å². The predicted molar refractivity (Wildman–Crippen MR) is 70.7 cm³/mol. The van der Waals surface area contributed by atoms with Crippen LogP contribution in [0.25, 0.3) is 0 Å². The quantitative estimate of drug-likeness (QED) is 0.727. The number of carbonyl (C=O) groups excluding carboxylic acids is 2. The monoisotopic (exact) mass is 284 g/mol. The fourth-order valence-electron chi connectivity index (χ4n) is 1.21. The van der Waals surface area contributed by atoms with Crippen molar-refractivity contribution >= 4 is 17.8 Å². The van der Waals surface area contributed by atoms with Crippen LogP contribution in [0.5, 0.6) is 0 Å². The number of rotatable bonds is 3. The molecule has 0 spiro atoms. The topological polar surface area (TPSA) is 95.5 Å². The Morgan fingerprint density at radius 2 is 1.90 bits per heavy atom. The molecule has 0 aliphatic carbocycles. The van der Waals surface area contributed by atoms with Crippen LogP contribution in [0.1, 0.15) is 29.8 Å². The Morgan fingerprint density at radius 1 is 1.30 bits per heavy atom. The molecule has 1 aromatic carbocycles. The molecule has 0 saturated carbocycles. The molecule has 0 fully saturated rings. The summed E-state index contributed by atoms with van der Waals surface area (Å²) in [4.78, 5) is 30.9. The maximum atomic E-state index is 11.6. The second kappa shape index (κ2) is 8.63. The maximum Gasteiger partial charge on any atom is 0.325 e. The first-order chi connectivity index (χ1) is 9.27. The molecule has 0 radical (unpaired) electrons. The van der Waals surface area contributed by atoms with Gasteiger partial charge in [0.2, 0.25) is 5.91 Å². The molecule has 1 atom stereocenters. The molecule has 0 unspecified atom stereocenters. The molecule has 6 nitrogen and oxygen atoms in total. The van der Waals surface area contributed by atoms with Crippen molar-refractivity contribution in [2.45, 2.75) is 26.8 Å². The van der Waals surface area contributed by atoms with Crippen molar-refractivity contribution in [2.24, 2.45) is 0 Å². The van der Waals surface area contributed by atoms with Gasteiger partial charge in [-0.3, -0.25) is 14.4 Å². The van der Waals surface area contributed by atoms with Crippen LogP contribution >= 0.6 is 0 Å². The van der Waals surface area contributed by atoms with Gasteiger partial charge in [-0.15, -0.1) is 0 Å². The SMILES string of the molecule is CC(=O)N[C@@H](C)C(=O)O.Cc1cccc(C(=O)NF)c1. The van der Waals surface area contributed by atoms with E-state index in [9.17, 15) is 18.9 Å². The van der Waals surface area contributed by atoms with E-state index in [0.29, 0.717) is 5.56 Å². The lowest BCUT2D eigenvalue weighted by atomic mass is 10.1. The molecule has 0 aromatic heterocycles. The summed E-state index contributed by atoms with van der Waals surface area (Å²) >= 11 is 0. The molecule has 0 aliphatic heterocycles. The van der Waals surface area contributed by atoms with Crippen molar-refractivity contribution in [3.63, 3.8) is 0 Å². The van der Waals surface area contributed by atoms with E-state index < -0.39 is 17.9 Å². The number of hydrogen-bond acceptors (Lipinski definition) is 3. The largest absolute Gasteiger partial charge is 0.480 e. The summed E-state index contributed by atoms with van der Waals surface area (Å²) in [5, 5.41) is 10.4. The zero-order valence-corrected chi connectivity index (χ0v) is 11.4. The summed E-state index contributed by atoms with van der Waals surface area (Å²) in [6.45, 7) is 4.53. The number of benzene rings is 1. The standard InChI is InChI=1S/C8H8FNO.C5H9NO3/c1-6-3-2-4-7(5-6)8(11)10-9;1-3(5(8)9)6-4(2)7/h2-5H,1H3,(H,10,11);3H,1-2H3,(H,6,7)(H,8,9)/t;3-/m.0/s1. The first-order valence-corrected chi connectivity index (χ1v) is 5.75. The van der Waals surface area contributed by atoms with Crippen LogP contribution in [0, 0.1) is 6.92 Å². The zero-order valence-electron chi connectivity index (χ0n) is 11.4. The predicted octanol–water partition coefficient (Wildman–Crippen LogP) is 1.20. The number of amides is 2. The molecule has 7 heteroatoms. The summed E-state index contributed by atoms with van der Waals surface area (Å²) < 4.78 is 11.6. The summed E-state index contributed by atoms with van der Waals surface area (Å²) in [7, 11) is 0. The van der Waals surface area contributed by atoms with Gasteiger partial charge in [0.05, 0.1) is 0 Å². The van der Waals surface area contributed by atoms with E-state index in [1.165, 1.54) is 13.8 Å². The summed E-state index contributed by atoms with van der Waals surface area (Å²) in [6.07, 6.45) is 0. The third-order valence-corrected chi connectivity index (χ3v) is 2.16. The Kier molecular flexibility index (Phi) is 7.57. The van der Waals surface area contributed by atoms with Crippen LogP contribution in [-0.2, 0) is 9.59 Å². The van der Waals surface area contributed by atoms with E-state index in [1.54, 1.807) is 18.2 Å². The van der Waals surface area contributed by atoms with Gasteiger partial charge in [-0.25, -0.2) is 0 Å². The van der Waals surface area contributed by atoms with Crippen LogP contribution in [0.4, 0.5) is 4.48 Å². The highest BCUT2D eigenvalue weighted by Crippen LogP contribution is 2.03. The molecule has 0 saturated heterocycles. The highest BCUT2D eigenvalue weighted by Gasteiger charge is 2.09. The number of aryl methyl sites for hydroxylation is 1. The first-order valence-electron chi connectivity index (χ1n) is 5.75. The highest BCUT2D eigenvalue weighted by molar-refractivity contribution is 5.93. The number of carboxylic acid groups (broad SMARTS) is 1. The normalized spacial score (nSPS) is 10.6. The summed E-state index contributed by atoms with van der Waals surface area (Å²) in [5.41, 5.74) is 2.35. The van der Waals surface area contributed by atoms with Crippen molar-refractivity contribution in [3.8, 4) is 0 Å². The number of carboxylic acids is 1. The number of aliphatic carboxylic acids is 1. The second-order valence-corrected chi connectivity index (χ2v) is 4.05. The molecule has 0 bridgehead atoms. The average molecular weight is 284 g/mol. The van der Waals surface area contributed by atoms with Crippen LogP contribution in [0.2, 0.25) is 0 Å². The molecule has 2 amide bonds. The molecule has 3 N–H and O–H groups in total. The van der Waals surface area contributed by atoms with Crippen molar-refractivity contribution in [1.29, 1.82) is 0 Å². The average Bonchev–Trinajstić information content (AvgIpc) is 2.37. The minimum Gasteiger partial charge on any atom is -0.480 e. The van der Waals surface area contributed by atoms with Gasteiger partial charge < -0.3 is 10.4 Å². The molecule has 0 aliphatic rings. The minimum absolute atomic E-state index is 0.329. The van der Waals surface area contributed by atoms with E-state index in [1.807, 2.05) is 13.0 Å². The smallest absolute Gasteiger partial charge is 0.325 e. The Bertz CT molecular complexity index is 491. The molecule has 20 heavy (non-hydrogen) atoms. The van der Waals surface area contributed by atoms with Crippen LogP contribution < -0.4 is 10.9 Å². The van der Waals surface area contributed by atoms with Crippen LogP contribution in [0.15, 0.2) is 24.3 Å². The van der Waals surface area contributed by atoms with Crippen molar-refractivity contribution in [1.82, 2.24) is 10.9 Å². The lowest BCUT2D eigenvalue weighted by Crippen LogP contribution is -2.36. The first kappa shape index (κ1) is 17.6. The van der Waals surface area contributed by atoms with Gasteiger partial charge in [-0.1, -0.05) is 22.2 Å². The third kappa shape index (κ3) is 7.10. The number of carbonyl (C=O) groups is 3. The van der Waals surface area contributed by atoms with Gasteiger partial charge in [0, 0.05) is 12.5 Å². The number of halogens is 1. The molecular formula is C13H17FN2O4. The summed E-state index contributed by atoms with van der Waals surface area (Å²) in [5.74, 6) is -2.05. The van der Waals surface area contributed by atoms with Gasteiger partial charge in [0.15, 0.2) is 0 Å². The Labute approximate surface area is 115 Å². The molecule has 110 valence electrons. The van der Waals surface area contributed by atoms with Crippen molar-refractivity contribution < 1.29 is 24.0 Å². The van der Waals surface area contributed by atoms with E-state index in [0.717, 1.165) is 11.1 Å². The zero-order chi connectivity index (χ0) is 15.7. The van der Waals surface area contributed by atoms with Crippen molar-refractivity contribution in [2.75, 3.05) is 0 Å². The van der Waals surface area contributed by atoms with E-state index in [-0.39, 0.29) is 5.91 Å². The van der Waals surface area contributed by atoms with Gasteiger partial charge in [-0.2, -0.15) is 5.54 Å². The van der Waals surface area contributed by atoms with Gasteiger partial charge in [-0.05, 0) is 26.0 Å². The fraction of sp³-hybridized carbons (Fsp3) is 0.308. The van der Waals surface area contributed by atoms with E-state index >= 15 is 0 Å². The Hall–Kier alpha value is -2.44. The lowest BCUT2D eigenvalue weighted by molar-refractivity contribution is -0.140. The van der Waals surface area contributed by atoms with Crippen LogP contribution in [-0.4, -0.2) is 28.9 Å². The van der Waals surface area contributed by atoms with E-state index in [4.69, 9.17) is 5.11 Å². The second-order valence-electron chi connectivity index (χ2n) is 4.05. The molecular weight excluding hydrogens is 267 g/mol. The highest BCUT2D eigenvalue weighted by atomic mass is 19.2. The van der Waals surface area contributed by atoms with Gasteiger partial charge in [0.25, 0.3) is 5.91 Å². The van der Waals surface area contributed by atoms with Crippen molar-refractivity contribution in [3.05, 3.63) is 35.4 Å². The van der Waals surface area contributed by atoms with Gasteiger partial charge in [0.1, 0.15) is 6.04 Å². The Balaban J connectivity index is 0.000000370. The minimum atomic E-state index is -1.02. The van der Waals surface area contributed by atoms with Crippen LogP contribution in [0.3, 0.4) is 0 Å². The Morgan fingerprint density at radius 3 is 2.25 bits per heavy atom. The molecule has 1 aromatic rings. The number of hydrogen-bond donors (Lipinski definition) is 3.